The molecule has 0 heterocycles. The maximum absolute atomic E-state index is 13.4. The summed E-state index contributed by atoms with van der Waals surface area (Å²) in [6.07, 6.45) is 0. The fourth-order valence-corrected chi connectivity index (χ4v) is 1.41. The second-order valence-corrected chi connectivity index (χ2v) is 4.70. The van der Waals surface area contributed by atoms with E-state index in [1.807, 2.05) is 25.9 Å². The highest BCUT2D eigenvalue weighted by Gasteiger charge is 2.13. The highest BCUT2D eigenvalue weighted by atomic mass is 32.1. The molecule has 0 aromatic heterocycles. The van der Waals surface area contributed by atoms with E-state index >= 15 is 0 Å². The number of halogens is 1. The minimum atomic E-state index is -0.530. The van der Waals surface area contributed by atoms with Crippen molar-refractivity contribution in [3.8, 4) is 0 Å². The van der Waals surface area contributed by atoms with Crippen molar-refractivity contribution in [3.63, 3.8) is 0 Å². The van der Waals surface area contributed by atoms with Gasteiger partial charge in [-0.05, 0) is 39.2 Å². The summed E-state index contributed by atoms with van der Waals surface area (Å²) >= 11 is 4.08. The summed E-state index contributed by atoms with van der Waals surface area (Å²) in [5, 5.41) is 2.69. The lowest BCUT2D eigenvalue weighted by atomic mass is 10.2. The number of carbonyl (C=O) groups excluding carboxylic acids is 1. The van der Waals surface area contributed by atoms with Gasteiger partial charge in [0.1, 0.15) is 5.82 Å². The molecule has 1 unspecified atom stereocenters. The number of nitrogens with one attached hydrogen (secondary N) is 1. The molecule has 1 rings (SSSR count). The molecule has 0 saturated carbocycles. The molecule has 0 bridgehead atoms. The maximum atomic E-state index is 13.4. The average Bonchev–Trinajstić information content (AvgIpc) is 2.28. The van der Waals surface area contributed by atoms with Gasteiger partial charge >= 0.3 is 0 Å². The van der Waals surface area contributed by atoms with E-state index in [0.717, 1.165) is 0 Å². The molecule has 1 amide bonds. The Kier molecular flexibility index (Phi) is 4.96. The Morgan fingerprint density at radius 3 is 2.76 bits per heavy atom. The lowest BCUT2D eigenvalue weighted by Gasteiger charge is -2.20. The van der Waals surface area contributed by atoms with Crippen molar-refractivity contribution in [2.45, 2.75) is 17.9 Å². The molecule has 0 fully saturated rings. The number of amides is 1. The van der Waals surface area contributed by atoms with Gasteiger partial charge in [0.15, 0.2) is 0 Å². The molecule has 94 valence electrons. The number of carbonyl (C=O) groups is 1. The highest BCUT2D eigenvalue weighted by molar-refractivity contribution is 7.80. The number of hydrogen-bond donors (Lipinski definition) is 2. The van der Waals surface area contributed by atoms with Gasteiger partial charge in [0.2, 0.25) is 0 Å². The zero-order valence-electron chi connectivity index (χ0n) is 10.2. The van der Waals surface area contributed by atoms with Gasteiger partial charge in [0.05, 0.1) is 5.56 Å². The number of nitrogens with zero attached hydrogens (tertiary/aromatic N) is 1. The van der Waals surface area contributed by atoms with Crippen LogP contribution in [0, 0.1) is 5.82 Å². The molecule has 0 aliphatic carbocycles. The second kappa shape index (κ2) is 6.02. The fourth-order valence-electron chi connectivity index (χ4n) is 1.21. The van der Waals surface area contributed by atoms with Crippen LogP contribution in [0.5, 0.6) is 0 Å². The van der Waals surface area contributed by atoms with Crippen LogP contribution in [0.4, 0.5) is 4.39 Å². The molecule has 17 heavy (non-hydrogen) atoms. The van der Waals surface area contributed by atoms with Gasteiger partial charge in [0.25, 0.3) is 5.91 Å². The third-order valence-electron chi connectivity index (χ3n) is 2.63. The van der Waals surface area contributed by atoms with Crippen molar-refractivity contribution in [3.05, 3.63) is 29.6 Å². The second-order valence-electron chi connectivity index (χ2n) is 4.19. The van der Waals surface area contributed by atoms with Crippen LogP contribution in [0.1, 0.15) is 17.3 Å². The molecule has 0 radical (unpaired) electrons. The summed E-state index contributed by atoms with van der Waals surface area (Å²) in [4.78, 5) is 14.3. The van der Waals surface area contributed by atoms with Crippen LogP contribution in [0.3, 0.4) is 0 Å². The first-order valence-electron chi connectivity index (χ1n) is 5.35. The first-order chi connectivity index (χ1) is 7.91. The Labute approximate surface area is 106 Å². The molecule has 0 aliphatic heterocycles. The summed E-state index contributed by atoms with van der Waals surface area (Å²) in [5.41, 5.74) is 0.0310. The van der Waals surface area contributed by atoms with Gasteiger partial charge in [0, 0.05) is 17.5 Å². The van der Waals surface area contributed by atoms with Gasteiger partial charge < -0.3 is 10.2 Å². The normalized spacial score (nSPS) is 12.6. The Bertz CT molecular complexity index is 409. The third kappa shape index (κ3) is 4.02. The van der Waals surface area contributed by atoms with Crippen LogP contribution in [-0.2, 0) is 0 Å². The molecule has 3 nitrogen and oxygen atoms in total. The molecule has 1 aromatic rings. The largest absolute Gasteiger partial charge is 0.350 e. The van der Waals surface area contributed by atoms with E-state index in [2.05, 4.69) is 17.9 Å². The average molecular weight is 256 g/mol. The zero-order chi connectivity index (χ0) is 13.0. The minimum Gasteiger partial charge on any atom is -0.350 e. The van der Waals surface area contributed by atoms with Crippen LogP contribution < -0.4 is 5.32 Å². The monoisotopic (exact) mass is 256 g/mol. The molecule has 5 heteroatoms. The predicted octanol–water partition coefficient (Wildman–Crippen LogP) is 1.79. The van der Waals surface area contributed by atoms with E-state index in [1.54, 1.807) is 0 Å². The topological polar surface area (TPSA) is 32.3 Å². The van der Waals surface area contributed by atoms with E-state index in [4.69, 9.17) is 0 Å². The Morgan fingerprint density at radius 1 is 1.53 bits per heavy atom. The van der Waals surface area contributed by atoms with Gasteiger partial charge in [-0.1, -0.05) is 0 Å². The van der Waals surface area contributed by atoms with E-state index in [9.17, 15) is 9.18 Å². The smallest absolute Gasteiger partial charge is 0.254 e. The van der Waals surface area contributed by atoms with Gasteiger partial charge in [-0.2, -0.15) is 0 Å². The Hall–Kier alpha value is -1.07. The number of thiol groups is 1. The lowest BCUT2D eigenvalue weighted by molar-refractivity contribution is 0.0939. The quantitative estimate of drug-likeness (QED) is 0.805. The van der Waals surface area contributed by atoms with Crippen LogP contribution in [0.25, 0.3) is 0 Å². The third-order valence-corrected chi connectivity index (χ3v) is 2.91. The number of likely N-dealkylation sites (N-methyl/N-ethyl adjacent to an activating group) is 1. The first kappa shape index (κ1) is 14.0. The van der Waals surface area contributed by atoms with Crippen molar-refractivity contribution in [1.82, 2.24) is 10.2 Å². The lowest BCUT2D eigenvalue weighted by Crippen LogP contribution is -2.38. The Morgan fingerprint density at radius 2 is 2.18 bits per heavy atom. The van der Waals surface area contributed by atoms with Crippen LogP contribution in [0.15, 0.2) is 23.1 Å². The number of rotatable bonds is 4. The fraction of sp³-hybridized carbons (Fsp3) is 0.417. The summed E-state index contributed by atoms with van der Waals surface area (Å²) in [5.74, 6) is -0.940. The molecule has 0 saturated heterocycles. The van der Waals surface area contributed by atoms with E-state index < -0.39 is 11.7 Å². The first-order valence-corrected chi connectivity index (χ1v) is 5.79. The summed E-state index contributed by atoms with van der Waals surface area (Å²) in [7, 11) is 3.84. The molecule has 0 spiro atoms. The maximum Gasteiger partial charge on any atom is 0.254 e. The van der Waals surface area contributed by atoms with Crippen LogP contribution in [0.2, 0.25) is 0 Å². The van der Waals surface area contributed by atoms with E-state index in [-0.39, 0.29) is 11.6 Å². The molecular formula is C12H17FN2OS. The molecule has 1 atom stereocenters. The molecule has 0 aliphatic rings. The molecule has 1 N–H and O–H groups in total. The zero-order valence-corrected chi connectivity index (χ0v) is 11.1. The Balaban J connectivity index is 2.67. The summed E-state index contributed by atoms with van der Waals surface area (Å²) < 4.78 is 13.4. The number of hydrogen-bond acceptors (Lipinski definition) is 3. The van der Waals surface area contributed by atoms with Gasteiger partial charge in [-0.3, -0.25) is 4.79 Å². The van der Waals surface area contributed by atoms with E-state index in [0.29, 0.717) is 11.4 Å². The van der Waals surface area contributed by atoms with Gasteiger partial charge in [-0.25, -0.2) is 4.39 Å². The minimum absolute atomic E-state index is 0.0310. The van der Waals surface area contributed by atoms with Crippen molar-refractivity contribution in [2.75, 3.05) is 20.6 Å². The van der Waals surface area contributed by atoms with E-state index in [1.165, 1.54) is 18.2 Å². The van der Waals surface area contributed by atoms with Crippen molar-refractivity contribution in [2.24, 2.45) is 0 Å². The van der Waals surface area contributed by atoms with Crippen molar-refractivity contribution >= 4 is 18.5 Å². The van der Waals surface area contributed by atoms with Gasteiger partial charge in [-0.15, -0.1) is 12.6 Å². The summed E-state index contributed by atoms with van der Waals surface area (Å²) in [6.45, 7) is 2.45. The van der Waals surface area contributed by atoms with Crippen LogP contribution in [-0.4, -0.2) is 37.5 Å². The molecular weight excluding hydrogens is 239 g/mol. The SMILES string of the molecule is CC(CNC(=O)c1cc(S)ccc1F)N(C)C. The summed E-state index contributed by atoms with van der Waals surface area (Å²) in [6, 6.07) is 4.37. The highest BCUT2D eigenvalue weighted by Crippen LogP contribution is 2.13. The van der Waals surface area contributed by atoms with Crippen LogP contribution >= 0.6 is 12.6 Å². The number of benzene rings is 1. The molecule has 1 aromatic carbocycles. The predicted molar refractivity (Wildman–Crippen MR) is 69.1 cm³/mol. The van der Waals surface area contributed by atoms with Crippen molar-refractivity contribution in [1.29, 1.82) is 0 Å². The standard InChI is InChI=1S/C12H17FN2OS/c1-8(15(2)3)7-14-12(16)10-6-9(17)4-5-11(10)13/h4-6,8,17H,7H2,1-3H3,(H,14,16). The van der Waals surface area contributed by atoms with Crippen molar-refractivity contribution < 1.29 is 9.18 Å².